The highest BCUT2D eigenvalue weighted by molar-refractivity contribution is 5.95. The summed E-state index contributed by atoms with van der Waals surface area (Å²) < 4.78 is 16.9. The van der Waals surface area contributed by atoms with Crippen LogP contribution in [0.1, 0.15) is 5.56 Å². The third-order valence-corrected chi connectivity index (χ3v) is 4.78. The molecule has 0 aliphatic rings. The first-order valence-corrected chi connectivity index (χ1v) is 9.60. The van der Waals surface area contributed by atoms with Crippen LogP contribution in [0.15, 0.2) is 66.7 Å². The van der Waals surface area contributed by atoms with E-state index in [-0.39, 0.29) is 0 Å². The van der Waals surface area contributed by atoms with Crippen LogP contribution in [0.2, 0.25) is 0 Å². The average Bonchev–Trinajstić information content (AvgIpc) is 2.81. The van der Waals surface area contributed by atoms with Gasteiger partial charge in [-0.3, -0.25) is 0 Å². The number of aromatic nitrogens is 2. The van der Waals surface area contributed by atoms with E-state index in [4.69, 9.17) is 19.2 Å². The zero-order valence-electron chi connectivity index (χ0n) is 17.2. The predicted molar refractivity (Wildman–Crippen MR) is 118 cm³/mol. The number of hydrogen-bond donors (Lipinski definition) is 1. The smallest absolute Gasteiger partial charge is 0.223 e. The van der Waals surface area contributed by atoms with Crippen molar-refractivity contribution in [2.75, 3.05) is 26.6 Å². The largest absolute Gasteiger partial charge is 0.493 e. The third-order valence-electron chi connectivity index (χ3n) is 4.78. The molecule has 0 saturated heterocycles. The third kappa shape index (κ3) is 3.98. The molecular weight excluding hydrogens is 378 g/mol. The molecule has 4 rings (SSSR count). The van der Waals surface area contributed by atoms with E-state index < -0.39 is 0 Å². The molecule has 0 radical (unpaired) electrons. The number of ether oxygens (including phenoxy) is 3. The van der Waals surface area contributed by atoms with Crippen molar-refractivity contribution in [3.63, 3.8) is 0 Å². The number of benzene rings is 3. The van der Waals surface area contributed by atoms with E-state index in [0.717, 1.165) is 33.5 Å². The zero-order chi connectivity index (χ0) is 20.9. The van der Waals surface area contributed by atoms with Crippen molar-refractivity contribution >= 4 is 16.9 Å². The Labute approximate surface area is 175 Å². The number of rotatable bonds is 7. The molecule has 3 aromatic carbocycles. The first kappa shape index (κ1) is 19.5. The van der Waals surface area contributed by atoms with Crippen molar-refractivity contribution in [2.24, 2.45) is 0 Å². The highest BCUT2D eigenvalue weighted by Gasteiger charge is 2.15. The van der Waals surface area contributed by atoms with Gasteiger partial charge in [0, 0.05) is 24.1 Å². The minimum absolute atomic E-state index is 0.502. The minimum atomic E-state index is 0.502. The molecule has 30 heavy (non-hydrogen) atoms. The molecule has 0 fully saturated rings. The fourth-order valence-corrected chi connectivity index (χ4v) is 3.26. The van der Waals surface area contributed by atoms with Gasteiger partial charge < -0.3 is 19.5 Å². The van der Waals surface area contributed by atoms with Crippen LogP contribution in [0.25, 0.3) is 22.2 Å². The number of nitrogens with zero attached hydrogens (tertiary/aromatic N) is 2. The summed E-state index contributed by atoms with van der Waals surface area (Å²) >= 11 is 0. The quantitative estimate of drug-likeness (QED) is 0.473. The van der Waals surface area contributed by atoms with Crippen molar-refractivity contribution in [1.82, 2.24) is 9.97 Å². The molecule has 0 amide bonds. The van der Waals surface area contributed by atoms with Crippen LogP contribution in [0.4, 0.5) is 5.95 Å². The van der Waals surface area contributed by atoms with Gasteiger partial charge in [-0.2, -0.15) is 0 Å². The van der Waals surface area contributed by atoms with E-state index in [9.17, 15) is 0 Å². The molecule has 152 valence electrons. The first-order valence-electron chi connectivity index (χ1n) is 9.60. The molecule has 0 spiro atoms. The number of methoxy groups -OCH3 is 2. The second-order valence-electron chi connectivity index (χ2n) is 6.67. The molecule has 1 aromatic heterocycles. The van der Waals surface area contributed by atoms with E-state index in [1.54, 1.807) is 21.3 Å². The number of hydrogen-bond acceptors (Lipinski definition) is 6. The second-order valence-corrected chi connectivity index (χ2v) is 6.67. The van der Waals surface area contributed by atoms with Crippen LogP contribution in [0.3, 0.4) is 0 Å². The molecule has 1 N–H and O–H groups in total. The second kappa shape index (κ2) is 8.69. The summed E-state index contributed by atoms with van der Waals surface area (Å²) in [5.74, 6) is 2.55. The normalized spacial score (nSPS) is 10.6. The van der Waals surface area contributed by atoms with Gasteiger partial charge in [0.15, 0.2) is 11.5 Å². The molecule has 0 atom stereocenters. The maximum atomic E-state index is 6.00. The van der Waals surface area contributed by atoms with Crippen LogP contribution in [0, 0.1) is 0 Å². The summed E-state index contributed by atoms with van der Waals surface area (Å²) in [6.07, 6.45) is 0. The van der Waals surface area contributed by atoms with Gasteiger partial charge in [0.25, 0.3) is 0 Å². The maximum absolute atomic E-state index is 6.00. The van der Waals surface area contributed by atoms with Crippen molar-refractivity contribution in [3.05, 3.63) is 72.3 Å². The lowest BCUT2D eigenvalue weighted by molar-refractivity contribution is 0.306. The van der Waals surface area contributed by atoms with Crippen molar-refractivity contribution < 1.29 is 14.2 Å². The Morgan fingerprint density at radius 2 is 1.60 bits per heavy atom. The number of anilines is 1. The molecule has 6 nitrogen and oxygen atoms in total. The zero-order valence-corrected chi connectivity index (χ0v) is 17.2. The van der Waals surface area contributed by atoms with Gasteiger partial charge in [-0.1, -0.05) is 42.5 Å². The summed E-state index contributed by atoms with van der Waals surface area (Å²) in [4.78, 5) is 9.28. The lowest BCUT2D eigenvalue weighted by atomic mass is 10.1. The topological polar surface area (TPSA) is 65.5 Å². The minimum Gasteiger partial charge on any atom is -0.493 e. The van der Waals surface area contributed by atoms with Gasteiger partial charge in [0.05, 0.1) is 25.4 Å². The Morgan fingerprint density at radius 1 is 0.833 bits per heavy atom. The number of nitrogens with one attached hydrogen (secondary N) is 1. The molecule has 1 heterocycles. The number of fused-ring (bicyclic) bond motifs is 1. The fraction of sp³-hybridized carbons (Fsp3) is 0.167. The van der Waals surface area contributed by atoms with E-state index >= 15 is 0 Å². The van der Waals surface area contributed by atoms with Gasteiger partial charge in [-0.25, -0.2) is 9.97 Å². The van der Waals surface area contributed by atoms with Gasteiger partial charge in [0.1, 0.15) is 12.4 Å². The van der Waals surface area contributed by atoms with Gasteiger partial charge >= 0.3 is 0 Å². The lowest BCUT2D eigenvalue weighted by Crippen LogP contribution is -2.01. The van der Waals surface area contributed by atoms with E-state index in [2.05, 4.69) is 10.3 Å². The molecule has 6 heteroatoms. The van der Waals surface area contributed by atoms with Crippen LogP contribution in [0.5, 0.6) is 17.2 Å². The van der Waals surface area contributed by atoms with Crippen molar-refractivity contribution in [3.8, 4) is 28.5 Å². The van der Waals surface area contributed by atoms with E-state index in [0.29, 0.717) is 24.1 Å². The van der Waals surface area contributed by atoms with Gasteiger partial charge in [0.2, 0.25) is 5.95 Å². The van der Waals surface area contributed by atoms with E-state index in [1.165, 1.54) is 0 Å². The molecule has 0 unspecified atom stereocenters. The van der Waals surface area contributed by atoms with Crippen molar-refractivity contribution in [2.45, 2.75) is 6.61 Å². The Balaban J connectivity index is 1.76. The SMILES string of the molecule is CNc1nc(-c2cccc(OCc3ccccc3)c2)c2cc(OC)c(OC)cc2n1. The van der Waals surface area contributed by atoms with Crippen LogP contribution in [-0.4, -0.2) is 31.2 Å². The van der Waals surface area contributed by atoms with Crippen molar-refractivity contribution in [1.29, 1.82) is 0 Å². The van der Waals surface area contributed by atoms with Gasteiger partial charge in [-0.15, -0.1) is 0 Å². The van der Waals surface area contributed by atoms with Gasteiger partial charge in [-0.05, 0) is 23.8 Å². The first-order chi connectivity index (χ1) is 14.7. The average molecular weight is 401 g/mol. The Kier molecular flexibility index (Phi) is 5.66. The highest BCUT2D eigenvalue weighted by atomic mass is 16.5. The lowest BCUT2D eigenvalue weighted by Gasteiger charge is -2.13. The summed E-state index contributed by atoms with van der Waals surface area (Å²) in [5, 5.41) is 3.90. The van der Waals surface area contributed by atoms with Crippen LogP contribution in [-0.2, 0) is 6.61 Å². The Bertz CT molecular complexity index is 1160. The molecule has 0 saturated carbocycles. The summed E-state index contributed by atoms with van der Waals surface area (Å²) in [6.45, 7) is 0.502. The molecule has 0 aliphatic carbocycles. The van der Waals surface area contributed by atoms with Crippen LogP contribution >= 0.6 is 0 Å². The van der Waals surface area contributed by atoms with Crippen LogP contribution < -0.4 is 19.5 Å². The highest BCUT2D eigenvalue weighted by Crippen LogP contribution is 2.36. The summed E-state index contributed by atoms with van der Waals surface area (Å²) in [6, 6.07) is 21.7. The Morgan fingerprint density at radius 3 is 2.33 bits per heavy atom. The summed E-state index contributed by atoms with van der Waals surface area (Å²) in [5.41, 5.74) is 3.59. The molecule has 0 aliphatic heterocycles. The monoisotopic (exact) mass is 401 g/mol. The standard InChI is InChI=1S/C24H23N3O3/c1-25-24-26-20-14-22(29-3)21(28-2)13-19(20)23(27-24)17-10-7-11-18(12-17)30-15-16-8-5-4-6-9-16/h4-14H,15H2,1-3H3,(H,25,26,27). The fourth-order valence-electron chi connectivity index (χ4n) is 3.26. The maximum Gasteiger partial charge on any atom is 0.223 e. The molecule has 0 bridgehead atoms. The Hall–Kier alpha value is -3.80. The molecule has 4 aromatic rings. The predicted octanol–water partition coefficient (Wildman–Crippen LogP) is 4.93. The summed E-state index contributed by atoms with van der Waals surface area (Å²) in [7, 11) is 5.02. The molecular formula is C24H23N3O3. The van der Waals surface area contributed by atoms with E-state index in [1.807, 2.05) is 66.7 Å².